The van der Waals surface area contributed by atoms with Crippen LogP contribution >= 0.6 is 12.2 Å². The van der Waals surface area contributed by atoms with E-state index >= 15 is 0 Å². The second kappa shape index (κ2) is 6.18. The fourth-order valence-corrected chi connectivity index (χ4v) is 2.46. The number of amides is 1. The van der Waals surface area contributed by atoms with Crippen LogP contribution in [0.15, 0.2) is 52.9 Å². The van der Waals surface area contributed by atoms with Gasteiger partial charge in [-0.1, -0.05) is 18.2 Å². The van der Waals surface area contributed by atoms with E-state index in [2.05, 4.69) is 10.6 Å². The van der Waals surface area contributed by atoms with E-state index in [4.69, 9.17) is 16.6 Å². The predicted octanol–water partition coefficient (Wildman–Crippen LogP) is 4.01. The molecule has 2 N–H and O–H groups in total. The third-order valence-electron chi connectivity index (χ3n) is 3.38. The van der Waals surface area contributed by atoms with E-state index in [1.807, 2.05) is 25.1 Å². The van der Waals surface area contributed by atoms with Gasteiger partial charge >= 0.3 is 0 Å². The molecule has 0 aliphatic heterocycles. The minimum atomic E-state index is -0.432. The second-order valence-electron chi connectivity index (χ2n) is 4.97. The first-order chi connectivity index (χ1) is 11.0. The zero-order valence-corrected chi connectivity index (χ0v) is 13.0. The Hall–Kier alpha value is -2.73. The van der Waals surface area contributed by atoms with Crippen LogP contribution in [0.3, 0.4) is 0 Å². The number of thiocarbonyl (C=S) groups is 1. The summed E-state index contributed by atoms with van der Waals surface area (Å²) in [5.74, 6) is -0.559. The van der Waals surface area contributed by atoms with E-state index in [9.17, 15) is 9.18 Å². The Kier molecular flexibility index (Phi) is 4.08. The van der Waals surface area contributed by atoms with Gasteiger partial charge in [-0.25, -0.2) is 4.39 Å². The molecule has 1 aromatic heterocycles. The van der Waals surface area contributed by atoms with Crippen LogP contribution in [0.2, 0.25) is 0 Å². The molecule has 116 valence electrons. The molecular formula is C17H13FN2O2S. The molecule has 6 heteroatoms. The van der Waals surface area contributed by atoms with Crippen molar-refractivity contribution in [3.63, 3.8) is 0 Å². The number of carbonyl (C=O) groups is 1. The fourth-order valence-electron chi connectivity index (χ4n) is 2.25. The lowest BCUT2D eigenvalue weighted by Crippen LogP contribution is -2.34. The van der Waals surface area contributed by atoms with Gasteiger partial charge in [0, 0.05) is 16.6 Å². The molecule has 0 bridgehead atoms. The molecule has 23 heavy (non-hydrogen) atoms. The van der Waals surface area contributed by atoms with Gasteiger partial charge in [-0.15, -0.1) is 0 Å². The van der Waals surface area contributed by atoms with Crippen molar-refractivity contribution in [3.05, 3.63) is 65.7 Å². The first-order valence-electron chi connectivity index (χ1n) is 6.90. The minimum Gasteiger partial charge on any atom is -0.451 e. The lowest BCUT2D eigenvalue weighted by atomic mass is 10.1. The third-order valence-corrected chi connectivity index (χ3v) is 3.58. The molecule has 0 aliphatic rings. The lowest BCUT2D eigenvalue weighted by Gasteiger charge is -2.08. The molecule has 0 spiro atoms. The Morgan fingerprint density at radius 1 is 1.13 bits per heavy atom. The van der Waals surface area contributed by atoms with Crippen LogP contribution < -0.4 is 10.6 Å². The molecule has 0 saturated carbocycles. The summed E-state index contributed by atoms with van der Waals surface area (Å²) < 4.78 is 18.4. The van der Waals surface area contributed by atoms with Crippen molar-refractivity contribution in [1.29, 1.82) is 0 Å². The highest BCUT2D eigenvalue weighted by Gasteiger charge is 2.18. The van der Waals surface area contributed by atoms with Gasteiger partial charge in [-0.2, -0.15) is 0 Å². The van der Waals surface area contributed by atoms with E-state index in [0.717, 1.165) is 10.9 Å². The Morgan fingerprint density at radius 2 is 1.83 bits per heavy atom. The van der Waals surface area contributed by atoms with Crippen LogP contribution in [-0.4, -0.2) is 11.0 Å². The molecule has 1 amide bonds. The van der Waals surface area contributed by atoms with Crippen molar-refractivity contribution in [2.24, 2.45) is 0 Å². The van der Waals surface area contributed by atoms with Gasteiger partial charge in [0.1, 0.15) is 11.4 Å². The van der Waals surface area contributed by atoms with Crippen LogP contribution in [-0.2, 0) is 0 Å². The number of carbonyl (C=O) groups excluding carboxylic acids is 1. The van der Waals surface area contributed by atoms with Crippen LogP contribution in [0.5, 0.6) is 0 Å². The Bertz CT molecular complexity index is 887. The van der Waals surface area contributed by atoms with Crippen molar-refractivity contribution >= 4 is 39.9 Å². The normalized spacial score (nSPS) is 10.5. The van der Waals surface area contributed by atoms with E-state index in [1.54, 1.807) is 6.07 Å². The third kappa shape index (κ3) is 3.22. The summed E-state index contributed by atoms with van der Waals surface area (Å²) in [7, 11) is 0. The summed E-state index contributed by atoms with van der Waals surface area (Å²) in [6.07, 6.45) is 0. The maximum absolute atomic E-state index is 12.9. The van der Waals surface area contributed by atoms with Crippen molar-refractivity contribution < 1.29 is 13.6 Å². The molecular weight excluding hydrogens is 315 g/mol. The summed E-state index contributed by atoms with van der Waals surface area (Å²) in [5, 5.41) is 6.37. The highest BCUT2D eigenvalue weighted by atomic mass is 32.1. The quantitative estimate of drug-likeness (QED) is 0.698. The summed E-state index contributed by atoms with van der Waals surface area (Å²) in [6.45, 7) is 1.82. The SMILES string of the molecule is Cc1c(C(=O)NC(=S)Nc2ccc(F)cc2)oc2ccccc12. The van der Waals surface area contributed by atoms with Crippen molar-refractivity contribution in [2.75, 3.05) is 5.32 Å². The van der Waals surface area contributed by atoms with E-state index in [1.165, 1.54) is 24.3 Å². The predicted molar refractivity (Wildman–Crippen MR) is 91.0 cm³/mol. The van der Waals surface area contributed by atoms with Gasteiger partial charge in [0.2, 0.25) is 0 Å². The molecule has 3 rings (SSSR count). The molecule has 0 unspecified atom stereocenters. The van der Waals surface area contributed by atoms with E-state index < -0.39 is 5.91 Å². The Balaban J connectivity index is 1.73. The number of aryl methyl sites for hydroxylation is 1. The number of hydrogen-bond donors (Lipinski definition) is 2. The van der Waals surface area contributed by atoms with Gasteiger partial charge in [0.15, 0.2) is 10.9 Å². The zero-order chi connectivity index (χ0) is 16.4. The summed E-state index contributed by atoms with van der Waals surface area (Å²) in [6, 6.07) is 13.1. The maximum Gasteiger partial charge on any atom is 0.293 e. The largest absolute Gasteiger partial charge is 0.451 e. The zero-order valence-electron chi connectivity index (χ0n) is 12.2. The molecule has 2 aromatic carbocycles. The maximum atomic E-state index is 12.9. The molecule has 0 atom stereocenters. The molecule has 0 fully saturated rings. The highest BCUT2D eigenvalue weighted by Crippen LogP contribution is 2.24. The second-order valence-corrected chi connectivity index (χ2v) is 5.38. The van der Waals surface area contributed by atoms with Crippen molar-refractivity contribution in [2.45, 2.75) is 6.92 Å². The highest BCUT2D eigenvalue weighted by molar-refractivity contribution is 7.80. The topological polar surface area (TPSA) is 54.3 Å². The van der Waals surface area contributed by atoms with Gasteiger partial charge in [-0.05, 0) is 49.5 Å². The molecule has 0 saturated heterocycles. The summed E-state index contributed by atoms with van der Waals surface area (Å²) in [5.41, 5.74) is 1.98. The Labute approximate surface area is 137 Å². The molecule has 1 heterocycles. The average molecular weight is 328 g/mol. The van der Waals surface area contributed by atoms with E-state index in [0.29, 0.717) is 11.3 Å². The number of fused-ring (bicyclic) bond motifs is 1. The fraction of sp³-hybridized carbons (Fsp3) is 0.0588. The van der Waals surface area contributed by atoms with Gasteiger partial charge in [0.05, 0.1) is 0 Å². The van der Waals surface area contributed by atoms with Crippen molar-refractivity contribution in [1.82, 2.24) is 5.32 Å². The van der Waals surface area contributed by atoms with Crippen LogP contribution in [0.4, 0.5) is 10.1 Å². The van der Waals surface area contributed by atoms with Gasteiger partial charge in [0.25, 0.3) is 5.91 Å². The number of nitrogens with one attached hydrogen (secondary N) is 2. The summed E-state index contributed by atoms with van der Waals surface area (Å²) >= 11 is 5.09. The van der Waals surface area contributed by atoms with Gasteiger partial charge < -0.3 is 9.73 Å². The Morgan fingerprint density at radius 3 is 2.52 bits per heavy atom. The van der Waals surface area contributed by atoms with Crippen LogP contribution in [0.25, 0.3) is 11.0 Å². The number of anilines is 1. The smallest absolute Gasteiger partial charge is 0.293 e. The number of hydrogen-bond acceptors (Lipinski definition) is 3. The number of rotatable bonds is 2. The minimum absolute atomic E-state index is 0.112. The first kappa shape index (κ1) is 15.2. The van der Waals surface area contributed by atoms with Gasteiger partial charge in [-0.3, -0.25) is 10.1 Å². The van der Waals surface area contributed by atoms with Crippen LogP contribution in [0.1, 0.15) is 16.1 Å². The first-order valence-corrected chi connectivity index (χ1v) is 7.31. The van der Waals surface area contributed by atoms with E-state index in [-0.39, 0.29) is 16.7 Å². The number of benzene rings is 2. The number of furan rings is 1. The number of halogens is 1. The summed E-state index contributed by atoms with van der Waals surface area (Å²) in [4.78, 5) is 12.3. The molecule has 0 radical (unpaired) electrons. The lowest BCUT2D eigenvalue weighted by molar-refractivity contribution is 0.0952. The monoisotopic (exact) mass is 328 g/mol. The average Bonchev–Trinajstić information content (AvgIpc) is 2.87. The molecule has 0 aliphatic carbocycles. The molecule has 3 aromatic rings. The standard InChI is InChI=1S/C17H13FN2O2S/c1-10-13-4-2-3-5-14(13)22-15(10)16(21)20-17(23)19-12-8-6-11(18)7-9-12/h2-9H,1H3,(H2,19,20,21,23). The number of para-hydroxylation sites is 1. The molecule has 4 nitrogen and oxygen atoms in total. The van der Waals surface area contributed by atoms with Crippen molar-refractivity contribution in [3.8, 4) is 0 Å². The van der Waals surface area contributed by atoms with Crippen LogP contribution in [0, 0.1) is 12.7 Å².